The Morgan fingerprint density at radius 2 is 1.10 bits per heavy atom. The van der Waals surface area contributed by atoms with Crippen molar-refractivity contribution in [3.63, 3.8) is 0 Å². The van der Waals surface area contributed by atoms with Gasteiger partial charge in [-0.1, -0.05) is 91.0 Å². The van der Waals surface area contributed by atoms with Crippen LogP contribution < -0.4 is 0 Å². The normalized spacial score (nSPS) is 14.7. The molecule has 5 heteroatoms. The Bertz CT molecular complexity index is 786. The predicted molar refractivity (Wildman–Crippen MR) is 109 cm³/mol. The van der Waals surface area contributed by atoms with E-state index in [1.165, 1.54) is 0 Å². The number of aliphatic hydroxyl groups excluding tert-OH is 3. The molecule has 5 nitrogen and oxygen atoms in total. The molecule has 0 spiro atoms. The first-order valence-electron chi connectivity index (χ1n) is 9.39. The number of carbonyl (C=O) groups excluding carboxylic acids is 1. The van der Waals surface area contributed by atoms with Crippen molar-refractivity contribution in [1.29, 1.82) is 0 Å². The third kappa shape index (κ3) is 4.44. The Balaban J connectivity index is 2.09. The van der Waals surface area contributed by atoms with Crippen molar-refractivity contribution in [3.8, 4) is 0 Å². The maximum atomic E-state index is 10.8. The van der Waals surface area contributed by atoms with Crippen LogP contribution in [-0.2, 0) is 15.1 Å². The van der Waals surface area contributed by atoms with Gasteiger partial charge in [-0.2, -0.15) is 0 Å². The SMILES string of the molecule is O=C[C@H](O)[C@@H](O)[C@@H](O)COC(c1ccccc1)(c1ccccc1)c1ccccc1. The van der Waals surface area contributed by atoms with E-state index in [4.69, 9.17) is 4.74 Å². The minimum Gasteiger partial charge on any atom is -0.388 e. The van der Waals surface area contributed by atoms with Crippen LogP contribution in [0.25, 0.3) is 0 Å². The Kier molecular flexibility index (Phi) is 6.90. The van der Waals surface area contributed by atoms with Gasteiger partial charge in [-0.15, -0.1) is 0 Å². The van der Waals surface area contributed by atoms with E-state index in [-0.39, 0.29) is 12.9 Å². The van der Waals surface area contributed by atoms with Crippen molar-refractivity contribution in [2.24, 2.45) is 0 Å². The van der Waals surface area contributed by atoms with Gasteiger partial charge < -0.3 is 24.9 Å². The molecule has 3 aromatic carbocycles. The summed E-state index contributed by atoms with van der Waals surface area (Å²) >= 11 is 0. The fraction of sp³-hybridized carbons (Fsp3) is 0.208. The molecule has 0 fully saturated rings. The minimum absolute atomic E-state index is 0.187. The summed E-state index contributed by atoms with van der Waals surface area (Å²) in [6.45, 7) is -0.301. The minimum atomic E-state index is -1.69. The largest absolute Gasteiger partial charge is 0.388 e. The average Bonchev–Trinajstić information content (AvgIpc) is 2.80. The third-order valence-corrected chi connectivity index (χ3v) is 4.90. The molecule has 0 bridgehead atoms. The van der Waals surface area contributed by atoms with Crippen molar-refractivity contribution in [3.05, 3.63) is 108 Å². The highest BCUT2D eigenvalue weighted by Crippen LogP contribution is 2.40. The van der Waals surface area contributed by atoms with Crippen LogP contribution >= 0.6 is 0 Å². The highest BCUT2D eigenvalue weighted by molar-refractivity contribution is 5.56. The summed E-state index contributed by atoms with van der Waals surface area (Å²) in [6.07, 6.45) is -4.60. The molecule has 0 radical (unpaired) electrons. The van der Waals surface area contributed by atoms with Crippen molar-refractivity contribution >= 4 is 6.29 Å². The molecule has 0 saturated carbocycles. The number of hydrogen-bond donors (Lipinski definition) is 3. The quantitative estimate of drug-likeness (QED) is 0.384. The van der Waals surface area contributed by atoms with Crippen LogP contribution in [0.15, 0.2) is 91.0 Å². The zero-order chi connectivity index (χ0) is 20.7. The van der Waals surface area contributed by atoms with E-state index in [0.29, 0.717) is 0 Å². The van der Waals surface area contributed by atoms with Gasteiger partial charge in [0.2, 0.25) is 0 Å². The number of hydrogen-bond acceptors (Lipinski definition) is 5. The van der Waals surface area contributed by atoms with Gasteiger partial charge in [0.25, 0.3) is 0 Å². The molecule has 0 aromatic heterocycles. The van der Waals surface area contributed by atoms with E-state index < -0.39 is 23.9 Å². The second kappa shape index (κ2) is 9.58. The number of aliphatic hydroxyl groups is 3. The second-order valence-corrected chi connectivity index (χ2v) is 6.77. The molecule has 0 aliphatic rings. The average molecular weight is 392 g/mol. The van der Waals surface area contributed by atoms with Crippen LogP contribution in [0.2, 0.25) is 0 Å². The molecule has 0 aliphatic carbocycles. The lowest BCUT2D eigenvalue weighted by molar-refractivity contribution is -0.133. The first kappa shape index (κ1) is 20.9. The molecular weight excluding hydrogens is 368 g/mol. The summed E-state index contributed by atoms with van der Waals surface area (Å²) in [5, 5.41) is 29.9. The molecule has 150 valence electrons. The van der Waals surface area contributed by atoms with E-state index in [2.05, 4.69) is 0 Å². The number of carbonyl (C=O) groups is 1. The fourth-order valence-electron chi connectivity index (χ4n) is 3.39. The summed E-state index contributed by atoms with van der Waals surface area (Å²) in [5.41, 5.74) is 1.47. The first-order chi connectivity index (χ1) is 14.1. The van der Waals surface area contributed by atoms with E-state index in [1.54, 1.807) is 0 Å². The van der Waals surface area contributed by atoms with Crippen LogP contribution in [0.3, 0.4) is 0 Å². The zero-order valence-electron chi connectivity index (χ0n) is 15.8. The van der Waals surface area contributed by atoms with Gasteiger partial charge in [-0.25, -0.2) is 0 Å². The zero-order valence-corrected chi connectivity index (χ0v) is 15.8. The first-order valence-corrected chi connectivity index (χ1v) is 9.39. The third-order valence-electron chi connectivity index (χ3n) is 4.90. The molecule has 3 aromatic rings. The van der Waals surface area contributed by atoms with Crippen molar-refractivity contribution in [2.45, 2.75) is 23.9 Å². The van der Waals surface area contributed by atoms with Crippen LogP contribution in [0, 0.1) is 0 Å². The van der Waals surface area contributed by atoms with Gasteiger partial charge in [0, 0.05) is 0 Å². The summed E-state index contributed by atoms with van der Waals surface area (Å²) in [5.74, 6) is 0. The van der Waals surface area contributed by atoms with Gasteiger partial charge in [0.15, 0.2) is 6.29 Å². The molecule has 0 unspecified atom stereocenters. The summed E-state index contributed by atoms with van der Waals surface area (Å²) in [6, 6.07) is 28.7. The molecule has 3 rings (SSSR count). The lowest BCUT2D eigenvalue weighted by Crippen LogP contribution is -2.43. The molecule has 0 aliphatic heterocycles. The summed E-state index contributed by atoms with van der Waals surface area (Å²) in [7, 11) is 0. The Morgan fingerprint density at radius 1 is 0.724 bits per heavy atom. The van der Waals surface area contributed by atoms with Gasteiger partial charge in [-0.05, 0) is 16.7 Å². The van der Waals surface area contributed by atoms with E-state index in [1.807, 2.05) is 91.0 Å². The smallest absolute Gasteiger partial charge is 0.151 e. The standard InChI is InChI=1S/C24H24O5/c25-16-21(26)23(28)22(27)17-29-24(18-10-4-1-5-11-18,19-12-6-2-7-13-19)20-14-8-3-9-15-20/h1-16,21-23,26-28H,17H2/t21-,22-,23+/m0/s1. The van der Waals surface area contributed by atoms with E-state index in [9.17, 15) is 20.1 Å². The van der Waals surface area contributed by atoms with E-state index >= 15 is 0 Å². The number of aldehydes is 1. The maximum absolute atomic E-state index is 10.8. The molecule has 3 N–H and O–H groups in total. The Hall–Kier alpha value is -2.83. The second-order valence-electron chi connectivity index (χ2n) is 6.77. The molecule has 0 saturated heterocycles. The summed E-state index contributed by atoms with van der Waals surface area (Å²) in [4.78, 5) is 10.8. The monoisotopic (exact) mass is 392 g/mol. The number of rotatable bonds is 9. The van der Waals surface area contributed by atoms with Crippen molar-refractivity contribution < 1.29 is 24.9 Å². The topological polar surface area (TPSA) is 87.0 Å². The lowest BCUT2D eigenvalue weighted by atomic mass is 9.80. The Morgan fingerprint density at radius 3 is 1.45 bits per heavy atom. The predicted octanol–water partition coefficient (Wildman–Crippen LogP) is 2.28. The molecular formula is C24H24O5. The van der Waals surface area contributed by atoms with Crippen LogP contribution in [-0.4, -0.2) is 46.5 Å². The van der Waals surface area contributed by atoms with Crippen LogP contribution in [0.4, 0.5) is 0 Å². The van der Waals surface area contributed by atoms with Crippen molar-refractivity contribution in [1.82, 2.24) is 0 Å². The Labute approximate surface area is 169 Å². The number of ether oxygens (including phenoxy) is 1. The highest BCUT2D eigenvalue weighted by atomic mass is 16.5. The van der Waals surface area contributed by atoms with Crippen LogP contribution in [0.5, 0.6) is 0 Å². The lowest BCUT2D eigenvalue weighted by Gasteiger charge is -2.37. The summed E-state index contributed by atoms with van der Waals surface area (Å²) < 4.78 is 6.33. The molecule has 0 heterocycles. The van der Waals surface area contributed by atoms with Gasteiger partial charge in [-0.3, -0.25) is 0 Å². The molecule has 0 amide bonds. The van der Waals surface area contributed by atoms with Gasteiger partial charge in [0.1, 0.15) is 23.9 Å². The van der Waals surface area contributed by atoms with E-state index in [0.717, 1.165) is 16.7 Å². The highest BCUT2D eigenvalue weighted by Gasteiger charge is 2.39. The molecule has 3 atom stereocenters. The van der Waals surface area contributed by atoms with Crippen LogP contribution in [0.1, 0.15) is 16.7 Å². The van der Waals surface area contributed by atoms with Crippen molar-refractivity contribution in [2.75, 3.05) is 6.61 Å². The maximum Gasteiger partial charge on any atom is 0.151 e. The molecule has 29 heavy (non-hydrogen) atoms. The number of benzene rings is 3. The van der Waals surface area contributed by atoms with Gasteiger partial charge in [0.05, 0.1) is 6.61 Å². The van der Waals surface area contributed by atoms with Gasteiger partial charge >= 0.3 is 0 Å². The fourth-order valence-corrected chi connectivity index (χ4v) is 3.39.